The summed E-state index contributed by atoms with van der Waals surface area (Å²) in [6.45, 7) is 4.17. The number of aromatic nitrogens is 1. The van der Waals surface area contributed by atoms with Gasteiger partial charge in [-0.2, -0.15) is 0 Å². The number of rotatable bonds is 3. The summed E-state index contributed by atoms with van der Waals surface area (Å²) < 4.78 is 0. The van der Waals surface area contributed by atoms with Crippen LogP contribution in [0.3, 0.4) is 0 Å². The van der Waals surface area contributed by atoms with Gasteiger partial charge in [-0.15, -0.1) is 0 Å². The normalized spacial score (nSPS) is 21.1. The van der Waals surface area contributed by atoms with E-state index in [2.05, 4.69) is 21.7 Å². The van der Waals surface area contributed by atoms with Crippen LogP contribution in [0, 0.1) is 6.92 Å². The second-order valence-electron chi connectivity index (χ2n) is 3.86. The van der Waals surface area contributed by atoms with Crippen molar-refractivity contribution in [2.45, 2.75) is 25.8 Å². The van der Waals surface area contributed by atoms with E-state index in [1.165, 1.54) is 19.4 Å². The summed E-state index contributed by atoms with van der Waals surface area (Å²) in [5.41, 5.74) is 2.18. The van der Waals surface area contributed by atoms with E-state index in [0.717, 1.165) is 17.9 Å². The molecule has 0 aromatic carbocycles. The summed E-state index contributed by atoms with van der Waals surface area (Å²) in [6, 6.07) is 4.75. The predicted octanol–water partition coefficient (Wildman–Crippen LogP) is 1.55. The van der Waals surface area contributed by atoms with Gasteiger partial charge < -0.3 is 10.6 Å². The number of hydrogen-bond acceptors (Lipinski definition) is 3. The lowest BCUT2D eigenvalue weighted by Gasteiger charge is -2.12. The average molecular weight is 191 g/mol. The van der Waals surface area contributed by atoms with E-state index in [1.54, 1.807) is 0 Å². The fourth-order valence-corrected chi connectivity index (χ4v) is 1.74. The molecule has 1 unspecified atom stereocenters. The van der Waals surface area contributed by atoms with E-state index in [9.17, 15) is 0 Å². The maximum atomic E-state index is 4.24. The Labute approximate surface area is 84.9 Å². The quantitative estimate of drug-likeness (QED) is 0.761. The highest BCUT2D eigenvalue weighted by Gasteiger charge is 2.12. The van der Waals surface area contributed by atoms with Crippen molar-refractivity contribution in [3.8, 4) is 0 Å². The maximum absolute atomic E-state index is 4.24. The van der Waals surface area contributed by atoms with Crippen LogP contribution in [0.5, 0.6) is 0 Å². The SMILES string of the molecule is Cc1ccc(NCC2CCCN2)cn1. The zero-order valence-corrected chi connectivity index (χ0v) is 8.59. The highest BCUT2D eigenvalue weighted by atomic mass is 15.0. The molecule has 0 bridgehead atoms. The third-order valence-electron chi connectivity index (χ3n) is 2.63. The maximum Gasteiger partial charge on any atom is 0.0527 e. The number of nitrogens with zero attached hydrogens (tertiary/aromatic N) is 1. The van der Waals surface area contributed by atoms with E-state index in [0.29, 0.717) is 6.04 Å². The zero-order valence-electron chi connectivity index (χ0n) is 8.59. The molecule has 3 heteroatoms. The molecule has 1 aromatic heterocycles. The molecule has 0 saturated carbocycles. The molecule has 0 radical (unpaired) electrons. The number of anilines is 1. The van der Waals surface area contributed by atoms with E-state index in [-0.39, 0.29) is 0 Å². The Balaban J connectivity index is 1.82. The van der Waals surface area contributed by atoms with Crippen LogP contribution in [0.25, 0.3) is 0 Å². The lowest BCUT2D eigenvalue weighted by atomic mass is 10.2. The summed E-state index contributed by atoms with van der Waals surface area (Å²) >= 11 is 0. The Kier molecular flexibility index (Phi) is 2.99. The highest BCUT2D eigenvalue weighted by Crippen LogP contribution is 2.08. The molecule has 2 heterocycles. The molecule has 1 fully saturated rings. The van der Waals surface area contributed by atoms with Crippen LogP contribution in [-0.2, 0) is 0 Å². The highest BCUT2D eigenvalue weighted by molar-refractivity contribution is 5.40. The Bertz CT molecular complexity index is 275. The number of hydrogen-bond donors (Lipinski definition) is 2. The lowest BCUT2D eigenvalue weighted by Crippen LogP contribution is -2.29. The molecule has 3 nitrogen and oxygen atoms in total. The molecule has 1 aliphatic heterocycles. The molecule has 1 atom stereocenters. The van der Waals surface area contributed by atoms with Gasteiger partial charge in [-0.1, -0.05) is 0 Å². The molecule has 1 aromatic rings. The molecule has 0 spiro atoms. The van der Waals surface area contributed by atoms with Crippen molar-refractivity contribution in [1.29, 1.82) is 0 Å². The Morgan fingerprint density at radius 1 is 1.57 bits per heavy atom. The number of aryl methyl sites for hydroxylation is 1. The predicted molar refractivity (Wildman–Crippen MR) is 58.5 cm³/mol. The first kappa shape index (κ1) is 9.46. The van der Waals surface area contributed by atoms with Crippen LogP contribution in [0.1, 0.15) is 18.5 Å². The molecular weight excluding hydrogens is 174 g/mol. The van der Waals surface area contributed by atoms with Gasteiger partial charge in [0.1, 0.15) is 0 Å². The van der Waals surface area contributed by atoms with Crippen LogP contribution >= 0.6 is 0 Å². The van der Waals surface area contributed by atoms with Crippen molar-refractivity contribution in [1.82, 2.24) is 10.3 Å². The van der Waals surface area contributed by atoms with Gasteiger partial charge in [-0.05, 0) is 38.4 Å². The Hall–Kier alpha value is -1.09. The van der Waals surface area contributed by atoms with E-state index in [1.807, 2.05) is 19.2 Å². The van der Waals surface area contributed by atoms with Gasteiger partial charge in [0, 0.05) is 18.3 Å². The summed E-state index contributed by atoms with van der Waals surface area (Å²) in [4.78, 5) is 4.24. The van der Waals surface area contributed by atoms with Crippen molar-refractivity contribution >= 4 is 5.69 Å². The minimum absolute atomic E-state index is 0.635. The fraction of sp³-hybridized carbons (Fsp3) is 0.545. The molecule has 1 saturated heterocycles. The monoisotopic (exact) mass is 191 g/mol. The van der Waals surface area contributed by atoms with Crippen LogP contribution in [0.4, 0.5) is 5.69 Å². The van der Waals surface area contributed by atoms with Gasteiger partial charge in [-0.25, -0.2) is 0 Å². The first-order valence-electron chi connectivity index (χ1n) is 5.24. The number of pyridine rings is 1. The molecular formula is C11H17N3. The largest absolute Gasteiger partial charge is 0.382 e. The molecule has 76 valence electrons. The van der Waals surface area contributed by atoms with E-state index >= 15 is 0 Å². The van der Waals surface area contributed by atoms with Gasteiger partial charge in [0.05, 0.1) is 11.9 Å². The van der Waals surface area contributed by atoms with E-state index < -0.39 is 0 Å². The van der Waals surface area contributed by atoms with Crippen LogP contribution in [-0.4, -0.2) is 24.1 Å². The van der Waals surface area contributed by atoms with Gasteiger partial charge in [0.25, 0.3) is 0 Å². The summed E-state index contributed by atoms with van der Waals surface area (Å²) in [6.07, 6.45) is 4.48. The first-order chi connectivity index (χ1) is 6.84. The van der Waals surface area contributed by atoms with Crippen LogP contribution in [0.2, 0.25) is 0 Å². The van der Waals surface area contributed by atoms with Crippen molar-refractivity contribution in [3.63, 3.8) is 0 Å². The van der Waals surface area contributed by atoms with Crippen LogP contribution in [0.15, 0.2) is 18.3 Å². The fourth-order valence-electron chi connectivity index (χ4n) is 1.74. The van der Waals surface area contributed by atoms with Gasteiger partial charge in [0.15, 0.2) is 0 Å². The Morgan fingerprint density at radius 3 is 3.14 bits per heavy atom. The minimum atomic E-state index is 0.635. The molecule has 2 N–H and O–H groups in total. The van der Waals surface area contributed by atoms with Crippen molar-refractivity contribution < 1.29 is 0 Å². The molecule has 1 aliphatic rings. The third kappa shape index (κ3) is 2.45. The second-order valence-corrected chi connectivity index (χ2v) is 3.86. The minimum Gasteiger partial charge on any atom is -0.382 e. The average Bonchev–Trinajstić information content (AvgIpc) is 2.70. The molecule has 14 heavy (non-hydrogen) atoms. The van der Waals surface area contributed by atoms with Crippen molar-refractivity contribution in [2.75, 3.05) is 18.4 Å². The molecule has 0 amide bonds. The van der Waals surface area contributed by atoms with Gasteiger partial charge in [0.2, 0.25) is 0 Å². The van der Waals surface area contributed by atoms with Crippen LogP contribution < -0.4 is 10.6 Å². The summed E-state index contributed by atoms with van der Waals surface area (Å²) in [5.74, 6) is 0. The number of nitrogens with one attached hydrogen (secondary N) is 2. The van der Waals surface area contributed by atoms with Gasteiger partial charge >= 0.3 is 0 Å². The van der Waals surface area contributed by atoms with E-state index in [4.69, 9.17) is 0 Å². The van der Waals surface area contributed by atoms with Gasteiger partial charge in [-0.3, -0.25) is 4.98 Å². The topological polar surface area (TPSA) is 37.0 Å². The first-order valence-corrected chi connectivity index (χ1v) is 5.24. The molecule has 0 aliphatic carbocycles. The molecule has 2 rings (SSSR count). The zero-order chi connectivity index (χ0) is 9.80. The summed E-state index contributed by atoms with van der Waals surface area (Å²) in [7, 11) is 0. The Morgan fingerprint density at radius 2 is 2.50 bits per heavy atom. The smallest absolute Gasteiger partial charge is 0.0527 e. The lowest BCUT2D eigenvalue weighted by molar-refractivity contribution is 0.633. The third-order valence-corrected chi connectivity index (χ3v) is 2.63. The summed E-state index contributed by atoms with van der Waals surface area (Å²) in [5, 5.41) is 6.84. The second kappa shape index (κ2) is 4.42. The van der Waals surface area contributed by atoms with Crippen molar-refractivity contribution in [3.05, 3.63) is 24.0 Å². The standard InChI is InChI=1S/C11H17N3/c1-9-4-5-11(7-13-9)14-8-10-3-2-6-12-10/h4-5,7,10,12,14H,2-3,6,8H2,1H3. The van der Waals surface area contributed by atoms with Crippen molar-refractivity contribution in [2.24, 2.45) is 0 Å².